The van der Waals surface area contributed by atoms with Crippen LogP contribution in [-0.4, -0.2) is 11.2 Å². The van der Waals surface area contributed by atoms with E-state index in [1.54, 1.807) is 30.3 Å². The Morgan fingerprint density at radius 3 is 2.39 bits per heavy atom. The van der Waals surface area contributed by atoms with Gasteiger partial charge in [0.15, 0.2) is 6.29 Å². The van der Waals surface area contributed by atoms with E-state index in [4.69, 9.17) is 4.74 Å². The van der Waals surface area contributed by atoms with Gasteiger partial charge in [-0.3, -0.25) is 14.9 Å². The van der Waals surface area contributed by atoms with Gasteiger partial charge in [-0.1, -0.05) is 24.3 Å². The first-order valence-electron chi connectivity index (χ1n) is 5.18. The van der Waals surface area contributed by atoms with Crippen LogP contribution in [0.5, 0.6) is 11.5 Å². The number of para-hydroxylation sites is 2. The van der Waals surface area contributed by atoms with Crippen molar-refractivity contribution in [3.8, 4) is 11.5 Å². The van der Waals surface area contributed by atoms with Gasteiger partial charge in [-0.25, -0.2) is 0 Å². The summed E-state index contributed by atoms with van der Waals surface area (Å²) in [6, 6.07) is 12.8. The highest BCUT2D eigenvalue weighted by atomic mass is 16.6. The summed E-state index contributed by atoms with van der Waals surface area (Å²) in [4.78, 5) is 21.2. The van der Waals surface area contributed by atoms with E-state index in [1.807, 2.05) is 0 Å². The fourth-order valence-electron chi connectivity index (χ4n) is 1.50. The van der Waals surface area contributed by atoms with Crippen LogP contribution >= 0.6 is 0 Å². The smallest absolute Gasteiger partial charge is 0.312 e. The maximum Gasteiger partial charge on any atom is 0.312 e. The minimum Gasteiger partial charge on any atom is -0.449 e. The van der Waals surface area contributed by atoms with Gasteiger partial charge in [0.05, 0.1) is 10.5 Å². The molecule has 0 saturated carbocycles. The Bertz CT molecular complexity index is 581. The van der Waals surface area contributed by atoms with Crippen molar-refractivity contribution in [3.05, 3.63) is 64.2 Å². The summed E-state index contributed by atoms with van der Waals surface area (Å²) in [5.74, 6) is 0.401. The van der Waals surface area contributed by atoms with Crippen molar-refractivity contribution in [2.45, 2.75) is 0 Å². The number of carbonyl (C=O) groups is 1. The number of nitro groups is 1. The molecule has 0 unspecified atom stereocenters. The van der Waals surface area contributed by atoms with Crippen LogP contribution in [0.1, 0.15) is 10.4 Å². The lowest BCUT2D eigenvalue weighted by Gasteiger charge is -2.07. The molecule has 0 heterocycles. The Labute approximate surface area is 103 Å². The van der Waals surface area contributed by atoms with Gasteiger partial charge in [0.25, 0.3) is 0 Å². The van der Waals surface area contributed by atoms with Crippen LogP contribution in [0.2, 0.25) is 0 Å². The van der Waals surface area contributed by atoms with E-state index < -0.39 is 4.92 Å². The Morgan fingerprint density at radius 1 is 1.06 bits per heavy atom. The molecule has 2 rings (SSSR count). The second kappa shape index (κ2) is 5.09. The molecule has 2 aromatic rings. The van der Waals surface area contributed by atoms with Crippen LogP contribution in [0.25, 0.3) is 0 Å². The Balaban J connectivity index is 2.48. The molecule has 0 amide bonds. The largest absolute Gasteiger partial charge is 0.449 e. The Kier molecular flexibility index (Phi) is 3.33. The number of hydrogen-bond acceptors (Lipinski definition) is 4. The monoisotopic (exact) mass is 243 g/mol. The highest BCUT2D eigenvalue weighted by molar-refractivity contribution is 5.82. The summed E-state index contributed by atoms with van der Waals surface area (Å²) in [5.41, 5.74) is -0.0866. The number of hydrogen-bond donors (Lipinski definition) is 0. The minimum atomic E-state index is -0.578. The Morgan fingerprint density at radius 2 is 1.78 bits per heavy atom. The van der Waals surface area contributed by atoms with Crippen molar-refractivity contribution in [1.29, 1.82) is 0 Å². The minimum absolute atomic E-state index is 0.0382. The molecule has 90 valence electrons. The fraction of sp³-hybridized carbons (Fsp3) is 0. The summed E-state index contributed by atoms with van der Waals surface area (Å²) in [6.45, 7) is 0. The fourth-order valence-corrected chi connectivity index (χ4v) is 1.50. The third kappa shape index (κ3) is 2.35. The molecular formula is C13H9NO4. The number of rotatable bonds is 4. The molecule has 0 aliphatic heterocycles. The van der Waals surface area contributed by atoms with Gasteiger partial charge in [0, 0.05) is 6.07 Å². The van der Waals surface area contributed by atoms with Crippen molar-refractivity contribution in [1.82, 2.24) is 0 Å². The number of benzene rings is 2. The van der Waals surface area contributed by atoms with Crippen LogP contribution < -0.4 is 4.74 Å². The molecule has 0 atom stereocenters. The third-order valence-corrected chi connectivity index (χ3v) is 2.31. The highest BCUT2D eigenvalue weighted by Crippen LogP contribution is 2.33. The molecule has 18 heavy (non-hydrogen) atoms. The zero-order valence-electron chi connectivity index (χ0n) is 9.28. The van der Waals surface area contributed by atoms with E-state index in [1.165, 1.54) is 18.2 Å². The van der Waals surface area contributed by atoms with Gasteiger partial charge in [0.1, 0.15) is 5.75 Å². The molecule has 0 aromatic heterocycles. The van der Waals surface area contributed by atoms with E-state index >= 15 is 0 Å². The van der Waals surface area contributed by atoms with Crippen molar-refractivity contribution in [2.24, 2.45) is 0 Å². The van der Waals surface area contributed by atoms with Gasteiger partial charge in [-0.05, 0) is 18.2 Å². The molecule has 0 fully saturated rings. The summed E-state index contributed by atoms with van der Waals surface area (Å²) in [5, 5.41) is 10.9. The lowest BCUT2D eigenvalue weighted by atomic mass is 10.2. The topological polar surface area (TPSA) is 69.4 Å². The standard InChI is InChI=1S/C13H9NO4/c15-9-10-5-4-8-12(14(16)17)13(10)18-11-6-2-1-3-7-11/h1-9H. The molecule has 5 heteroatoms. The van der Waals surface area contributed by atoms with Crippen molar-refractivity contribution in [3.63, 3.8) is 0 Å². The molecule has 0 saturated heterocycles. The molecule has 0 N–H and O–H groups in total. The van der Waals surface area contributed by atoms with Crippen molar-refractivity contribution < 1.29 is 14.5 Å². The van der Waals surface area contributed by atoms with Crippen LogP contribution in [0.4, 0.5) is 5.69 Å². The average Bonchev–Trinajstić information content (AvgIpc) is 2.40. The number of ether oxygens (including phenoxy) is 1. The first-order valence-corrected chi connectivity index (χ1v) is 5.18. The molecule has 5 nitrogen and oxygen atoms in total. The molecular weight excluding hydrogens is 234 g/mol. The molecule has 0 bridgehead atoms. The molecule has 0 radical (unpaired) electrons. The van der Waals surface area contributed by atoms with E-state index in [9.17, 15) is 14.9 Å². The molecule has 0 aliphatic rings. The number of carbonyl (C=O) groups excluding carboxylic acids is 1. The first-order chi connectivity index (χ1) is 8.72. The summed E-state index contributed by atoms with van der Waals surface area (Å²) in [6.07, 6.45) is 0.533. The zero-order valence-corrected chi connectivity index (χ0v) is 9.28. The van der Waals surface area contributed by atoms with Gasteiger partial charge in [0.2, 0.25) is 5.75 Å². The second-order valence-electron chi connectivity index (χ2n) is 3.49. The van der Waals surface area contributed by atoms with Crippen LogP contribution in [-0.2, 0) is 0 Å². The van der Waals surface area contributed by atoms with Gasteiger partial charge in [-0.2, -0.15) is 0 Å². The average molecular weight is 243 g/mol. The van der Waals surface area contributed by atoms with Crippen LogP contribution in [0, 0.1) is 10.1 Å². The number of nitrogens with zero attached hydrogens (tertiary/aromatic N) is 1. The zero-order chi connectivity index (χ0) is 13.0. The number of aldehydes is 1. The first kappa shape index (κ1) is 11.8. The summed E-state index contributed by atoms with van der Waals surface area (Å²) in [7, 11) is 0. The lowest BCUT2D eigenvalue weighted by Crippen LogP contribution is -1.97. The van der Waals surface area contributed by atoms with Gasteiger partial charge in [-0.15, -0.1) is 0 Å². The predicted octanol–water partition coefficient (Wildman–Crippen LogP) is 3.20. The van der Waals surface area contributed by atoms with Gasteiger partial charge >= 0.3 is 5.69 Å². The van der Waals surface area contributed by atoms with E-state index in [0.29, 0.717) is 12.0 Å². The normalized spacial score (nSPS) is 9.78. The van der Waals surface area contributed by atoms with Crippen molar-refractivity contribution >= 4 is 12.0 Å². The van der Waals surface area contributed by atoms with Crippen molar-refractivity contribution in [2.75, 3.05) is 0 Å². The predicted molar refractivity (Wildman–Crippen MR) is 65.0 cm³/mol. The highest BCUT2D eigenvalue weighted by Gasteiger charge is 2.19. The molecule has 0 aliphatic carbocycles. The van der Waals surface area contributed by atoms with E-state index in [0.717, 1.165) is 0 Å². The molecule has 0 spiro atoms. The van der Waals surface area contributed by atoms with E-state index in [-0.39, 0.29) is 17.0 Å². The lowest BCUT2D eigenvalue weighted by molar-refractivity contribution is -0.385. The quantitative estimate of drug-likeness (QED) is 0.469. The number of nitro benzene ring substituents is 1. The maximum absolute atomic E-state index is 10.9. The Hall–Kier alpha value is -2.69. The SMILES string of the molecule is O=Cc1cccc([N+](=O)[O-])c1Oc1ccccc1. The van der Waals surface area contributed by atoms with Gasteiger partial charge < -0.3 is 4.74 Å². The summed E-state index contributed by atoms with van der Waals surface area (Å²) < 4.78 is 5.42. The molecule has 2 aromatic carbocycles. The van der Waals surface area contributed by atoms with Crippen LogP contribution in [0.15, 0.2) is 48.5 Å². The second-order valence-corrected chi connectivity index (χ2v) is 3.49. The summed E-state index contributed by atoms with van der Waals surface area (Å²) >= 11 is 0. The maximum atomic E-state index is 10.9. The third-order valence-electron chi connectivity index (χ3n) is 2.31. The van der Waals surface area contributed by atoms with Crippen LogP contribution in [0.3, 0.4) is 0 Å². The van der Waals surface area contributed by atoms with E-state index in [2.05, 4.69) is 0 Å².